The van der Waals surface area contributed by atoms with Crippen molar-refractivity contribution in [2.75, 3.05) is 17.1 Å². The lowest BCUT2D eigenvalue weighted by Gasteiger charge is -2.30. The number of nitrogens with one attached hydrogen (secondary N) is 1. The quantitative estimate of drug-likeness (QED) is 0.391. The molecule has 0 radical (unpaired) electrons. The van der Waals surface area contributed by atoms with E-state index < -0.39 is 16.1 Å². The number of carbonyl (C=O) groups excluding carboxylic acids is 2. The normalized spacial score (nSPS) is 13.1. The third-order valence-corrected chi connectivity index (χ3v) is 7.89. The highest BCUT2D eigenvalue weighted by atomic mass is 35.5. The summed E-state index contributed by atoms with van der Waals surface area (Å²) in [4.78, 5) is 27.7. The molecule has 2 aromatic carbocycles. The Morgan fingerprint density at radius 1 is 1.08 bits per heavy atom. The second-order valence-corrected chi connectivity index (χ2v) is 11.7. The minimum Gasteiger partial charge on any atom is -0.352 e. The van der Waals surface area contributed by atoms with Crippen molar-refractivity contribution in [3.05, 3.63) is 63.6 Å². The van der Waals surface area contributed by atoms with Crippen molar-refractivity contribution in [2.45, 2.75) is 65.6 Å². The van der Waals surface area contributed by atoms with Gasteiger partial charge < -0.3 is 10.2 Å². The molecule has 0 heterocycles. The predicted molar refractivity (Wildman–Crippen MR) is 147 cm³/mol. The van der Waals surface area contributed by atoms with Crippen molar-refractivity contribution >= 4 is 50.7 Å². The van der Waals surface area contributed by atoms with Gasteiger partial charge in [0.15, 0.2) is 0 Å². The Morgan fingerprint density at radius 2 is 1.75 bits per heavy atom. The molecule has 0 bridgehead atoms. The average Bonchev–Trinajstić information content (AvgIpc) is 2.81. The van der Waals surface area contributed by atoms with Crippen LogP contribution in [0.25, 0.3) is 0 Å². The highest BCUT2D eigenvalue weighted by Gasteiger charge is 2.27. The molecule has 7 nitrogen and oxygen atoms in total. The molecule has 2 amide bonds. The van der Waals surface area contributed by atoms with Crippen molar-refractivity contribution in [1.82, 2.24) is 10.2 Å². The molecule has 0 saturated carbocycles. The molecule has 2 rings (SSSR count). The van der Waals surface area contributed by atoms with E-state index in [2.05, 4.69) is 5.32 Å². The molecule has 0 aliphatic heterocycles. The fraction of sp³-hybridized carbons (Fsp3) is 0.462. The maximum atomic E-state index is 13.3. The lowest BCUT2D eigenvalue weighted by molar-refractivity contribution is -0.140. The lowest BCUT2D eigenvalue weighted by Crippen LogP contribution is -2.49. The van der Waals surface area contributed by atoms with Gasteiger partial charge in [-0.25, -0.2) is 8.42 Å². The van der Waals surface area contributed by atoms with Crippen molar-refractivity contribution in [1.29, 1.82) is 0 Å². The summed E-state index contributed by atoms with van der Waals surface area (Å²) in [5, 5.41) is 3.93. The van der Waals surface area contributed by atoms with Gasteiger partial charge >= 0.3 is 0 Å². The molecule has 0 saturated heterocycles. The minimum absolute atomic E-state index is 0.0210. The summed E-state index contributed by atoms with van der Waals surface area (Å²) in [6.45, 7) is 7.64. The molecule has 36 heavy (non-hydrogen) atoms. The summed E-state index contributed by atoms with van der Waals surface area (Å²) in [6, 6.07) is 11.5. The minimum atomic E-state index is -3.60. The summed E-state index contributed by atoms with van der Waals surface area (Å²) < 4.78 is 26.3. The molecular formula is C26H35Cl2N3O4S. The van der Waals surface area contributed by atoms with Crippen LogP contribution in [0, 0.1) is 6.92 Å². The maximum Gasteiger partial charge on any atom is 0.242 e. The van der Waals surface area contributed by atoms with Gasteiger partial charge in [0.1, 0.15) is 6.04 Å². The van der Waals surface area contributed by atoms with E-state index in [1.54, 1.807) is 50.2 Å². The Labute approximate surface area is 224 Å². The topological polar surface area (TPSA) is 86.8 Å². The van der Waals surface area contributed by atoms with Crippen molar-refractivity contribution in [3.8, 4) is 0 Å². The van der Waals surface area contributed by atoms with Crippen LogP contribution in [0.4, 0.5) is 5.69 Å². The molecule has 0 spiro atoms. The molecule has 0 aromatic heterocycles. The molecule has 2 atom stereocenters. The number of hydrogen-bond donors (Lipinski definition) is 1. The fourth-order valence-electron chi connectivity index (χ4n) is 3.73. The van der Waals surface area contributed by atoms with Gasteiger partial charge in [-0.3, -0.25) is 13.9 Å². The van der Waals surface area contributed by atoms with E-state index in [9.17, 15) is 18.0 Å². The van der Waals surface area contributed by atoms with Crippen LogP contribution in [0.5, 0.6) is 0 Å². The number of nitrogens with zero attached hydrogens (tertiary/aromatic N) is 2. The van der Waals surface area contributed by atoms with Gasteiger partial charge in [0.25, 0.3) is 0 Å². The Balaban J connectivity index is 2.21. The number of anilines is 1. The third-order valence-electron chi connectivity index (χ3n) is 6.07. The number of rotatable bonds is 12. The molecule has 10 heteroatoms. The number of benzene rings is 2. The van der Waals surface area contributed by atoms with Gasteiger partial charge in [0, 0.05) is 35.6 Å². The summed E-state index contributed by atoms with van der Waals surface area (Å²) >= 11 is 12.3. The first kappa shape index (κ1) is 29.9. The molecule has 2 aromatic rings. The Hall–Kier alpha value is -2.29. The van der Waals surface area contributed by atoms with Crippen LogP contribution >= 0.6 is 23.2 Å². The SMILES string of the molecule is CC[C@@H](C)NC(=O)[C@H](C)N(Cc1cccc(Cl)c1)C(=O)CCCN(c1cccc(Cl)c1C)S(C)(=O)=O. The van der Waals surface area contributed by atoms with E-state index in [0.717, 1.165) is 18.2 Å². The lowest BCUT2D eigenvalue weighted by atomic mass is 10.1. The van der Waals surface area contributed by atoms with Crippen molar-refractivity contribution in [2.24, 2.45) is 0 Å². The van der Waals surface area contributed by atoms with E-state index in [4.69, 9.17) is 23.2 Å². The van der Waals surface area contributed by atoms with Crippen LogP contribution < -0.4 is 9.62 Å². The zero-order valence-electron chi connectivity index (χ0n) is 21.4. The summed E-state index contributed by atoms with van der Waals surface area (Å²) in [7, 11) is -3.60. The second kappa shape index (κ2) is 13.3. The van der Waals surface area contributed by atoms with Crippen molar-refractivity contribution < 1.29 is 18.0 Å². The van der Waals surface area contributed by atoms with Crippen LogP contribution in [0.15, 0.2) is 42.5 Å². The van der Waals surface area contributed by atoms with Gasteiger partial charge in [-0.05, 0) is 69.0 Å². The van der Waals surface area contributed by atoms with E-state index >= 15 is 0 Å². The first-order chi connectivity index (χ1) is 16.8. The Morgan fingerprint density at radius 3 is 2.36 bits per heavy atom. The number of amides is 2. The van der Waals surface area contributed by atoms with Crippen LogP contribution in [0.1, 0.15) is 51.2 Å². The highest BCUT2D eigenvalue weighted by Crippen LogP contribution is 2.28. The monoisotopic (exact) mass is 555 g/mol. The zero-order valence-corrected chi connectivity index (χ0v) is 23.8. The van der Waals surface area contributed by atoms with Gasteiger partial charge in [0.2, 0.25) is 21.8 Å². The van der Waals surface area contributed by atoms with E-state index in [1.807, 2.05) is 19.9 Å². The smallest absolute Gasteiger partial charge is 0.242 e. The molecule has 0 aliphatic carbocycles. The Kier molecular flexibility index (Phi) is 11.1. The van der Waals surface area contributed by atoms with Gasteiger partial charge in [-0.2, -0.15) is 0 Å². The van der Waals surface area contributed by atoms with Crippen molar-refractivity contribution in [3.63, 3.8) is 0 Å². The molecule has 1 N–H and O–H groups in total. The van der Waals surface area contributed by atoms with Crippen LogP contribution in [-0.4, -0.2) is 50.0 Å². The maximum absolute atomic E-state index is 13.3. The number of sulfonamides is 1. The number of carbonyl (C=O) groups is 2. The van der Waals surface area contributed by atoms with Crippen LogP contribution in [-0.2, 0) is 26.2 Å². The molecule has 0 fully saturated rings. The third kappa shape index (κ3) is 8.39. The van der Waals surface area contributed by atoms with E-state index in [-0.39, 0.29) is 43.8 Å². The number of hydrogen-bond acceptors (Lipinski definition) is 4. The standard InChI is InChI=1S/C26H35Cl2N3O4S/c1-6-18(2)29-26(33)20(4)30(17-21-10-7-11-22(27)16-21)25(32)14-9-15-31(36(5,34)35)24-13-8-12-23(28)19(24)3/h7-8,10-13,16,18,20H,6,9,14-15,17H2,1-5H3,(H,29,33)/t18-,20+/m1/s1. The van der Waals surface area contributed by atoms with Crippen LogP contribution in [0.2, 0.25) is 10.0 Å². The molecular weight excluding hydrogens is 521 g/mol. The fourth-order valence-corrected chi connectivity index (χ4v) is 5.13. The van der Waals surface area contributed by atoms with E-state index in [1.165, 1.54) is 9.21 Å². The largest absolute Gasteiger partial charge is 0.352 e. The van der Waals surface area contributed by atoms with Gasteiger partial charge in [0.05, 0.1) is 11.9 Å². The number of halogens is 2. The molecule has 0 aliphatic rings. The summed E-state index contributed by atoms with van der Waals surface area (Å²) in [5.41, 5.74) is 1.93. The predicted octanol–water partition coefficient (Wildman–Crippen LogP) is 5.18. The molecule has 198 valence electrons. The Bertz CT molecular complexity index is 1170. The first-order valence-electron chi connectivity index (χ1n) is 11.9. The van der Waals surface area contributed by atoms with Crippen LogP contribution in [0.3, 0.4) is 0 Å². The van der Waals surface area contributed by atoms with Gasteiger partial charge in [-0.1, -0.05) is 48.3 Å². The zero-order chi connectivity index (χ0) is 27.0. The summed E-state index contributed by atoms with van der Waals surface area (Å²) in [6.07, 6.45) is 2.23. The van der Waals surface area contributed by atoms with E-state index in [0.29, 0.717) is 21.3 Å². The molecule has 0 unspecified atom stereocenters. The average molecular weight is 557 g/mol. The summed E-state index contributed by atoms with van der Waals surface area (Å²) in [5.74, 6) is -0.495. The second-order valence-electron chi connectivity index (χ2n) is 8.97. The first-order valence-corrected chi connectivity index (χ1v) is 14.5. The van der Waals surface area contributed by atoms with Gasteiger partial charge in [-0.15, -0.1) is 0 Å². The highest BCUT2D eigenvalue weighted by molar-refractivity contribution is 7.92.